The van der Waals surface area contributed by atoms with Crippen molar-refractivity contribution in [2.24, 2.45) is 0 Å². The number of nitrogens with one attached hydrogen (secondary N) is 1. The van der Waals surface area contributed by atoms with Gasteiger partial charge in [0, 0.05) is 32.8 Å². The number of nitrogens with zero attached hydrogens (tertiary/aromatic N) is 1. The van der Waals surface area contributed by atoms with Crippen LogP contribution >= 0.6 is 22.6 Å². The highest BCUT2D eigenvalue weighted by Crippen LogP contribution is 2.36. The molecule has 1 aliphatic carbocycles. The third-order valence-electron chi connectivity index (χ3n) is 4.13. The van der Waals surface area contributed by atoms with Crippen LogP contribution in [0.3, 0.4) is 0 Å². The zero-order chi connectivity index (χ0) is 13.9. The lowest BCUT2D eigenvalue weighted by atomic mass is 10.0. The largest absolute Gasteiger partial charge is 0.384 e. The minimum atomic E-state index is 0.667. The molecule has 0 amide bonds. The SMILES string of the molecule is CCCNc1cc(C2CCCC2)nc2ccc(I)cc12. The molecule has 0 unspecified atom stereocenters. The fourth-order valence-corrected chi connectivity index (χ4v) is 3.55. The Morgan fingerprint density at radius 3 is 2.80 bits per heavy atom. The van der Waals surface area contributed by atoms with E-state index in [4.69, 9.17) is 4.98 Å². The third-order valence-corrected chi connectivity index (χ3v) is 4.80. The summed E-state index contributed by atoms with van der Waals surface area (Å²) in [7, 11) is 0. The van der Waals surface area contributed by atoms with Crippen LogP contribution in [0.1, 0.15) is 50.6 Å². The predicted molar refractivity (Wildman–Crippen MR) is 94.4 cm³/mol. The van der Waals surface area contributed by atoms with E-state index < -0.39 is 0 Å². The van der Waals surface area contributed by atoms with E-state index in [2.05, 4.69) is 59.1 Å². The maximum absolute atomic E-state index is 4.92. The maximum atomic E-state index is 4.92. The van der Waals surface area contributed by atoms with Crippen molar-refractivity contribution in [1.82, 2.24) is 4.98 Å². The smallest absolute Gasteiger partial charge is 0.0726 e. The first kappa shape index (κ1) is 14.1. The zero-order valence-electron chi connectivity index (χ0n) is 12.0. The first-order valence-corrected chi connectivity index (χ1v) is 8.70. The Morgan fingerprint density at radius 2 is 2.05 bits per heavy atom. The lowest BCUT2D eigenvalue weighted by Gasteiger charge is -2.15. The number of halogens is 1. The molecule has 0 aliphatic heterocycles. The van der Waals surface area contributed by atoms with Crippen LogP contribution < -0.4 is 5.32 Å². The number of aromatic nitrogens is 1. The van der Waals surface area contributed by atoms with Gasteiger partial charge in [0.25, 0.3) is 0 Å². The van der Waals surface area contributed by atoms with Gasteiger partial charge >= 0.3 is 0 Å². The standard InChI is InChI=1S/C17H21IN2/c1-2-9-19-17-11-16(12-5-3-4-6-12)20-15-8-7-13(18)10-14(15)17/h7-8,10-12H,2-6,9H2,1H3,(H,19,20). The van der Waals surface area contributed by atoms with Crippen molar-refractivity contribution in [3.8, 4) is 0 Å². The summed E-state index contributed by atoms with van der Waals surface area (Å²) >= 11 is 2.37. The Bertz CT molecular complexity index is 603. The molecule has 1 aliphatic rings. The molecule has 1 heterocycles. The molecule has 106 valence electrons. The van der Waals surface area contributed by atoms with Crippen molar-refractivity contribution in [1.29, 1.82) is 0 Å². The van der Waals surface area contributed by atoms with Crippen LogP contribution in [0.15, 0.2) is 24.3 Å². The van der Waals surface area contributed by atoms with Crippen LogP contribution in [0.25, 0.3) is 10.9 Å². The van der Waals surface area contributed by atoms with Gasteiger partial charge in [0.1, 0.15) is 0 Å². The molecular formula is C17H21IN2. The number of hydrogen-bond acceptors (Lipinski definition) is 2. The van der Waals surface area contributed by atoms with Gasteiger partial charge in [0.15, 0.2) is 0 Å². The van der Waals surface area contributed by atoms with E-state index in [1.54, 1.807) is 0 Å². The predicted octanol–water partition coefficient (Wildman–Crippen LogP) is 5.32. The van der Waals surface area contributed by atoms with E-state index in [9.17, 15) is 0 Å². The maximum Gasteiger partial charge on any atom is 0.0726 e. The van der Waals surface area contributed by atoms with Gasteiger partial charge in [0.05, 0.1) is 5.52 Å². The summed E-state index contributed by atoms with van der Waals surface area (Å²) in [6, 6.07) is 8.84. The van der Waals surface area contributed by atoms with Gasteiger partial charge in [-0.25, -0.2) is 0 Å². The fraction of sp³-hybridized carbons (Fsp3) is 0.471. The van der Waals surface area contributed by atoms with E-state index in [0.717, 1.165) is 18.5 Å². The lowest BCUT2D eigenvalue weighted by Crippen LogP contribution is -2.04. The van der Waals surface area contributed by atoms with Gasteiger partial charge < -0.3 is 5.32 Å². The third kappa shape index (κ3) is 2.92. The molecule has 1 fully saturated rings. The monoisotopic (exact) mass is 380 g/mol. The molecule has 2 aromatic rings. The number of benzene rings is 1. The van der Waals surface area contributed by atoms with E-state index in [0.29, 0.717) is 5.92 Å². The summed E-state index contributed by atoms with van der Waals surface area (Å²) in [4.78, 5) is 4.92. The molecule has 0 atom stereocenters. The van der Waals surface area contributed by atoms with Crippen LogP contribution in [-0.2, 0) is 0 Å². The first-order valence-electron chi connectivity index (χ1n) is 7.62. The number of fused-ring (bicyclic) bond motifs is 1. The molecule has 3 heteroatoms. The zero-order valence-corrected chi connectivity index (χ0v) is 14.1. The Balaban J connectivity index is 2.06. The van der Waals surface area contributed by atoms with Gasteiger partial charge in [-0.2, -0.15) is 0 Å². The molecular weight excluding hydrogens is 359 g/mol. The summed E-state index contributed by atoms with van der Waals surface area (Å²) in [5.74, 6) is 0.667. The van der Waals surface area contributed by atoms with Crippen LogP contribution in [0, 0.1) is 3.57 Å². The number of hydrogen-bond donors (Lipinski definition) is 1. The molecule has 0 spiro atoms. The quantitative estimate of drug-likeness (QED) is 0.727. The Morgan fingerprint density at radius 1 is 1.25 bits per heavy atom. The molecule has 1 saturated carbocycles. The van der Waals surface area contributed by atoms with Gasteiger partial charge in [-0.05, 0) is 66.1 Å². The summed E-state index contributed by atoms with van der Waals surface area (Å²) < 4.78 is 1.27. The normalized spacial score (nSPS) is 15.9. The van der Waals surface area contributed by atoms with Crippen molar-refractivity contribution in [2.45, 2.75) is 44.9 Å². The summed E-state index contributed by atoms with van der Waals surface area (Å²) in [5.41, 5.74) is 3.68. The molecule has 0 radical (unpaired) electrons. The second-order valence-corrected chi connectivity index (χ2v) is 6.91. The van der Waals surface area contributed by atoms with E-state index in [1.165, 1.54) is 46.0 Å². The summed E-state index contributed by atoms with van der Waals surface area (Å²) in [6.07, 6.45) is 6.46. The van der Waals surface area contributed by atoms with Gasteiger partial charge in [-0.1, -0.05) is 19.8 Å². The van der Waals surface area contributed by atoms with E-state index in [1.807, 2.05) is 0 Å². The number of anilines is 1. The van der Waals surface area contributed by atoms with Crippen molar-refractivity contribution >= 4 is 39.2 Å². The highest BCUT2D eigenvalue weighted by atomic mass is 127. The van der Waals surface area contributed by atoms with Gasteiger partial charge in [-0.3, -0.25) is 4.98 Å². The molecule has 3 rings (SSSR count). The van der Waals surface area contributed by atoms with E-state index in [-0.39, 0.29) is 0 Å². The van der Waals surface area contributed by atoms with Gasteiger partial charge in [0.2, 0.25) is 0 Å². The average molecular weight is 380 g/mol. The van der Waals surface area contributed by atoms with Crippen molar-refractivity contribution in [2.75, 3.05) is 11.9 Å². The lowest BCUT2D eigenvalue weighted by molar-refractivity contribution is 0.701. The summed E-state index contributed by atoms with van der Waals surface area (Å²) in [6.45, 7) is 3.23. The van der Waals surface area contributed by atoms with Crippen LogP contribution in [0.2, 0.25) is 0 Å². The van der Waals surface area contributed by atoms with Crippen LogP contribution in [-0.4, -0.2) is 11.5 Å². The topological polar surface area (TPSA) is 24.9 Å². The minimum absolute atomic E-state index is 0.667. The Labute approximate surface area is 134 Å². The van der Waals surface area contributed by atoms with Crippen LogP contribution in [0.5, 0.6) is 0 Å². The van der Waals surface area contributed by atoms with Crippen LogP contribution in [0.4, 0.5) is 5.69 Å². The molecule has 0 saturated heterocycles. The summed E-state index contributed by atoms with van der Waals surface area (Å²) in [5, 5.41) is 4.84. The van der Waals surface area contributed by atoms with Crippen molar-refractivity contribution in [3.05, 3.63) is 33.5 Å². The average Bonchev–Trinajstić information content (AvgIpc) is 2.99. The Hall–Kier alpha value is -0.840. The van der Waals surface area contributed by atoms with Crippen molar-refractivity contribution < 1.29 is 0 Å². The molecule has 0 bridgehead atoms. The molecule has 20 heavy (non-hydrogen) atoms. The number of rotatable bonds is 4. The fourth-order valence-electron chi connectivity index (χ4n) is 3.06. The van der Waals surface area contributed by atoms with Crippen molar-refractivity contribution in [3.63, 3.8) is 0 Å². The highest BCUT2D eigenvalue weighted by Gasteiger charge is 2.19. The molecule has 2 nitrogen and oxygen atoms in total. The van der Waals surface area contributed by atoms with E-state index >= 15 is 0 Å². The highest BCUT2D eigenvalue weighted by molar-refractivity contribution is 14.1. The molecule has 1 N–H and O–H groups in total. The van der Waals surface area contributed by atoms with Gasteiger partial charge in [-0.15, -0.1) is 0 Å². The molecule has 1 aromatic heterocycles. The molecule has 1 aromatic carbocycles. The second-order valence-electron chi connectivity index (χ2n) is 5.66. The second kappa shape index (κ2) is 6.29. The minimum Gasteiger partial charge on any atom is -0.384 e. The number of pyridine rings is 1. The first-order chi connectivity index (χ1) is 9.78. The Kier molecular flexibility index (Phi) is 4.44.